The van der Waals surface area contributed by atoms with Crippen molar-refractivity contribution in [1.82, 2.24) is 4.90 Å². The van der Waals surface area contributed by atoms with Crippen LogP contribution in [0.25, 0.3) is 0 Å². The fraction of sp³-hybridized carbons (Fsp3) is 0.562. The highest BCUT2D eigenvalue weighted by atomic mass is 19.4. The van der Waals surface area contributed by atoms with E-state index in [-0.39, 0.29) is 13.0 Å². The van der Waals surface area contributed by atoms with Gasteiger partial charge in [0, 0.05) is 13.1 Å². The Labute approximate surface area is 132 Å². The molecule has 126 valence electrons. The molecule has 1 fully saturated rings. The number of likely N-dealkylation sites (tertiary alicyclic amines) is 1. The van der Waals surface area contributed by atoms with Gasteiger partial charge >= 0.3 is 6.18 Å². The van der Waals surface area contributed by atoms with Gasteiger partial charge in [-0.1, -0.05) is 12.1 Å². The molecule has 3 atom stereocenters. The number of ether oxygens (including phenoxy) is 2. The van der Waals surface area contributed by atoms with Gasteiger partial charge < -0.3 is 14.4 Å². The van der Waals surface area contributed by atoms with Gasteiger partial charge in [0.2, 0.25) is 6.10 Å². The fourth-order valence-corrected chi connectivity index (χ4v) is 3.02. The number of para-hydroxylation sites is 2. The first kappa shape index (κ1) is 16.0. The summed E-state index contributed by atoms with van der Waals surface area (Å²) >= 11 is 0. The van der Waals surface area contributed by atoms with Crippen LogP contribution in [0.3, 0.4) is 0 Å². The van der Waals surface area contributed by atoms with Crippen LogP contribution >= 0.6 is 0 Å². The molecule has 0 radical (unpaired) electrons. The number of fused-ring (bicyclic) bond motifs is 1. The topological polar surface area (TPSA) is 38.8 Å². The molecule has 0 spiro atoms. The van der Waals surface area contributed by atoms with Crippen molar-refractivity contribution in [3.8, 4) is 11.5 Å². The van der Waals surface area contributed by atoms with E-state index in [9.17, 15) is 18.0 Å². The van der Waals surface area contributed by atoms with Crippen molar-refractivity contribution < 1.29 is 27.4 Å². The van der Waals surface area contributed by atoms with E-state index in [1.165, 1.54) is 4.90 Å². The second kappa shape index (κ2) is 5.94. The van der Waals surface area contributed by atoms with Crippen molar-refractivity contribution in [2.45, 2.75) is 38.1 Å². The Morgan fingerprint density at radius 2 is 1.87 bits per heavy atom. The lowest BCUT2D eigenvalue weighted by molar-refractivity contribution is -0.190. The van der Waals surface area contributed by atoms with Crippen LogP contribution in [-0.4, -0.2) is 42.3 Å². The average Bonchev–Trinajstić information content (AvgIpc) is 2.53. The van der Waals surface area contributed by atoms with Crippen LogP contribution in [0.5, 0.6) is 11.5 Å². The van der Waals surface area contributed by atoms with E-state index in [4.69, 9.17) is 9.47 Å². The minimum absolute atomic E-state index is 0.0632. The normalized spacial score (nSPS) is 27.7. The Balaban J connectivity index is 1.73. The lowest BCUT2D eigenvalue weighted by Gasteiger charge is -2.38. The molecule has 23 heavy (non-hydrogen) atoms. The number of rotatable bonds is 1. The van der Waals surface area contributed by atoms with Crippen molar-refractivity contribution >= 4 is 5.91 Å². The summed E-state index contributed by atoms with van der Waals surface area (Å²) in [6.07, 6.45) is -5.34. The van der Waals surface area contributed by atoms with Crippen molar-refractivity contribution in [3.63, 3.8) is 0 Å². The van der Waals surface area contributed by atoms with Gasteiger partial charge in [0.1, 0.15) is 6.10 Å². The van der Waals surface area contributed by atoms with Gasteiger partial charge in [-0.05, 0) is 31.9 Å². The van der Waals surface area contributed by atoms with Gasteiger partial charge in [0.25, 0.3) is 5.91 Å². The van der Waals surface area contributed by atoms with E-state index in [0.717, 1.165) is 0 Å². The predicted octanol–water partition coefficient (Wildman–Crippen LogP) is 3.02. The first-order chi connectivity index (χ1) is 10.9. The molecule has 2 heterocycles. The van der Waals surface area contributed by atoms with Gasteiger partial charge in [-0.25, -0.2) is 0 Å². The predicted molar refractivity (Wildman–Crippen MR) is 76.3 cm³/mol. The number of carbonyl (C=O) groups is 1. The van der Waals surface area contributed by atoms with Gasteiger partial charge in [-0.3, -0.25) is 4.79 Å². The van der Waals surface area contributed by atoms with Crippen LogP contribution in [-0.2, 0) is 4.79 Å². The number of hydrogen-bond acceptors (Lipinski definition) is 3. The molecule has 1 aromatic rings. The number of piperidine rings is 1. The zero-order valence-corrected chi connectivity index (χ0v) is 12.7. The Morgan fingerprint density at radius 1 is 1.22 bits per heavy atom. The maximum Gasteiger partial charge on any atom is 0.393 e. The lowest BCUT2D eigenvalue weighted by atomic mass is 9.96. The Kier molecular flexibility index (Phi) is 4.12. The van der Waals surface area contributed by atoms with Crippen LogP contribution in [0.4, 0.5) is 13.2 Å². The molecule has 1 amide bonds. The Hall–Kier alpha value is -1.92. The van der Waals surface area contributed by atoms with Crippen LogP contribution in [0.1, 0.15) is 19.8 Å². The summed E-state index contributed by atoms with van der Waals surface area (Å²) in [7, 11) is 0. The molecule has 1 aromatic carbocycles. The molecular formula is C16H18F3NO3. The second-order valence-electron chi connectivity index (χ2n) is 5.97. The number of nitrogens with zero attached hydrogens (tertiary/aromatic N) is 1. The molecule has 0 aromatic heterocycles. The largest absolute Gasteiger partial charge is 0.482 e. The molecule has 7 heteroatoms. The van der Waals surface area contributed by atoms with E-state index >= 15 is 0 Å². The average molecular weight is 329 g/mol. The Morgan fingerprint density at radius 3 is 2.52 bits per heavy atom. The minimum Gasteiger partial charge on any atom is -0.482 e. The highest BCUT2D eigenvalue weighted by Crippen LogP contribution is 2.36. The number of hydrogen-bond donors (Lipinski definition) is 0. The third kappa shape index (κ3) is 3.23. The molecule has 0 unspecified atom stereocenters. The highest BCUT2D eigenvalue weighted by Gasteiger charge is 2.45. The van der Waals surface area contributed by atoms with Crippen LogP contribution < -0.4 is 9.47 Å². The summed E-state index contributed by atoms with van der Waals surface area (Å²) in [6, 6.07) is 6.94. The monoisotopic (exact) mass is 329 g/mol. The minimum atomic E-state index is -4.28. The van der Waals surface area contributed by atoms with E-state index in [1.807, 2.05) is 0 Å². The maximum absolute atomic E-state index is 12.9. The number of amides is 1. The van der Waals surface area contributed by atoms with Crippen LogP contribution in [0.2, 0.25) is 0 Å². The molecular weight excluding hydrogens is 311 g/mol. The zero-order valence-electron chi connectivity index (χ0n) is 12.7. The standard InChI is InChI=1S/C16H18F3NO3/c1-10-14(23-13-7-3-2-6-12(13)22-10)15(21)20-8-4-5-11(9-20)16(17,18)19/h2-3,6-7,10-11,14H,4-5,8-9H2,1H3/t10-,11+,14-/m0/s1. The molecule has 0 N–H and O–H groups in total. The first-order valence-corrected chi connectivity index (χ1v) is 7.64. The SMILES string of the molecule is C[C@@H]1Oc2ccccc2O[C@@H]1C(=O)N1CCC[C@@H](C(F)(F)F)C1. The summed E-state index contributed by atoms with van der Waals surface area (Å²) in [5.41, 5.74) is 0. The van der Waals surface area contributed by atoms with E-state index in [2.05, 4.69) is 0 Å². The molecule has 0 saturated carbocycles. The van der Waals surface area contributed by atoms with Crippen molar-refractivity contribution in [2.75, 3.05) is 13.1 Å². The van der Waals surface area contributed by atoms with E-state index in [1.54, 1.807) is 31.2 Å². The zero-order chi connectivity index (χ0) is 16.6. The summed E-state index contributed by atoms with van der Waals surface area (Å²) < 4.78 is 50.0. The second-order valence-corrected chi connectivity index (χ2v) is 5.97. The third-order valence-electron chi connectivity index (χ3n) is 4.28. The van der Waals surface area contributed by atoms with Crippen molar-refractivity contribution in [1.29, 1.82) is 0 Å². The van der Waals surface area contributed by atoms with Gasteiger partial charge in [0.15, 0.2) is 11.5 Å². The molecule has 1 saturated heterocycles. The van der Waals surface area contributed by atoms with Gasteiger partial charge in [-0.15, -0.1) is 0 Å². The van der Waals surface area contributed by atoms with Crippen molar-refractivity contribution in [3.05, 3.63) is 24.3 Å². The maximum atomic E-state index is 12.9. The summed E-state index contributed by atoms with van der Waals surface area (Å²) in [5, 5.41) is 0. The summed E-state index contributed by atoms with van der Waals surface area (Å²) in [4.78, 5) is 13.8. The smallest absolute Gasteiger partial charge is 0.393 e. The lowest BCUT2D eigenvalue weighted by Crippen LogP contribution is -2.54. The molecule has 3 rings (SSSR count). The summed E-state index contributed by atoms with van der Waals surface area (Å²) in [6.45, 7) is 1.69. The number of halogens is 3. The number of carbonyl (C=O) groups excluding carboxylic acids is 1. The van der Waals surface area contributed by atoms with Gasteiger partial charge in [0.05, 0.1) is 5.92 Å². The summed E-state index contributed by atoms with van der Waals surface area (Å²) in [5.74, 6) is -0.933. The molecule has 2 aliphatic heterocycles. The molecule has 0 aliphatic carbocycles. The van der Waals surface area contributed by atoms with Crippen LogP contribution in [0, 0.1) is 5.92 Å². The number of alkyl halides is 3. The van der Waals surface area contributed by atoms with Gasteiger partial charge in [-0.2, -0.15) is 13.2 Å². The van der Waals surface area contributed by atoms with E-state index in [0.29, 0.717) is 24.5 Å². The first-order valence-electron chi connectivity index (χ1n) is 7.64. The van der Waals surface area contributed by atoms with Crippen molar-refractivity contribution in [2.24, 2.45) is 5.92 Å². The Bertz CT molecular complexity index is 590. The van der Waals surface area contributed by atoms with Crippen LogP contribution in [0.15, 0.2) is 24.3 Å². The quantitative estimate of drug-likeness (QED) is 0.795. The fourth-order valence-electron chi connectivity index (χ4n) is 3.02. The highest BCUT2D eigenvalue weighted by molar-refractivity contribution is 5.82. The molecule has 0 bridgehead atoms. The molecule has 2 aliphatic rings. The third-order valence-corrected chi connectivity index (χ3v) is 4.28. The number of benzene rings is 1. The van der Waals surface area contributed by atoms with E-state index < -0.39 is 30.2 Å². The molecule has 4 nitrogen and oxygen atoms in total.